The molecule has 1 amide bonds. The van der Waals surface area contributed by atoms with E-state index in [1.807, 2.05) is 25.1 Å². The Bertz CT molecular complexity index is 597. The minimum absolute atomic E-state index is 0.152. The number of nitrogens with two attached hydrogens (primary N) is 1. The second kappa shape index (κ2) is 4.14. The molecular formula is C14H16N2O2. The predicted molar refractivity (Wildman–Crippen MR) is 69.4 cm³/mol. The Morgan fingerprint density at radius 2 is 2.17 bits per heavy atom. The van der Waals surface area contributed by atoms with E-state index in [4.69, 9.17) is 10.2 Å². The molecule has 0 bridgehead atoms. The van der Waals surface area contributed by atoms with Gasteiger partial charge in [0.05, 0.1) is 0 Å². The molecule has 1 saturated carbocycles. The molecular weight excluding hydrogens is 228 g/mol. The summed E-state index contributed by atoms with van der Waals surface area (Å²) in [6.45, 7) is 2.02. The van der Waals surface area contributed by atoms with E-state index in [0.717, 1.165) is 29.4 Å². The van der Waals surface area contributed by atoms with Gasteiger partial charge in [0, 0.05) is 17.5 Å². The fraction of sp³-hybridized carbons (Fsp3) is 0.357. The number of amides is 1. The van der Waals surface area contributed by atoms with Crippen molar-refractivity contribution < 1.29 is 9.21 Å². The zero-order chi connectivity index (χ0) is 12.7. The highest BCUT2D eigenvalue weighted by atomic mass is 16.3. The molecule has 0 aliphatic heterocycles. The van der Waals surface area contributed by atoms with Gasteiger partial charge in [-0.25, -0.2) is 0 Å². The van der Waals surface area contributed by atoms with E-state index < -0.39 is 0 Å². The number of benzene rings is 1. The molecule has 1 aromatic heterocycles. The zero-order valence-corrected chi connectivity index (χ0v) is 10.3. The van der Waals surface area contributed by atoms with E-state index in [-0.39, 0.29) is 18.0 Å². The Morgan fingerprint density at radius 1 is 1.39 bits per heavy atom. The molecule has 4 heteroatoms. The summed E-state index contributed by atoms with van der Waals surface area (Å²) in [7, 11) is 0. The number of furan rings is 1. The molecule has 0 radical (unpaired) electrons. The highest BCUT2D eigenvalue weighted by Gasteiger charge is 2.28. The number of carbonyl (C=O) groups is 1. The van der Waals surface area contributed by atoms with Crippen molar-refractivity contribution in [2.75, 3.05) is 0 Å². The Morgan fingerprint density at radius 3 is 2.89 bits per heavy atom. The van der Waals surface area contributed by atoms with E-state index in [1.54, 1.807) is 6.07 Å². The highest BCUT2D eigenvalue weighted by Crippen LogP contribution is 2.22. The molecule has 1 fully saturated rings. The summed E-state index contributed by atoms with van der Waals surface area (Å²) in [6, 6.07) is 8.08. The number of rotatable bonds is 2. The Labute approximate surface area is 105 Å². The van der Waals surface area contributed by atoms with Crippen LogP contribution in [0.3, 0.4) is 0 Å². The molecule has 2 aromatic rings. The topological polar surface area (TPSA) is 68.3 Å². The third-order valence-electron chi connectivity index (χ3n) is 3.41. The molecule has 1 aliphatic carbocycles. The van der Waals surface area contributed by atoms with Crippen molar-refractivity contribution >= 4 is 16.9 Å². The van der Waals surface area contributed by atoms with E-state index in [2.05, 4.69) is 5.32 Å². The smallest absolute Gasteiger partial charge is 0.287 e. The van der Waals surface area contributed by atoms with Crippen molar-refractivity contribution in [3.63, 3.8) is 0 Å². The fourth-order valence-corrected chi connectivity index (χ4v) is 2.31. The van der Waals surface area contributed by atoms with Gasteiger partial charge in [-0.05, 0) is 38.0 Å². The van der Waals surface area contributed by atoms with Crippen molar-refractivity contribution in [2.24, 2.45) is 5.73 Å². The number of hydrogen-bond acceptors (Lipinski definition) is 3. The molecule has 0 unspecified atom stereocenters. The summed E-state index contributed by atoms with van der Waals surface area (Å²) in [5, 5.41) is 3.89. The molecule has 0 saturated heterocycles. The average molecular weight is 244 g/mol. The van der Waals surface area contributed by atoms with Crippen LogP contribution in [0.15, 0.2) is 28.7 Å². The SMILES string of the molecule is Cc1ccc2oc(C(=O)NC3CC(N)C3)cc2c1. The number of hydrogen-bond donors (Lipinski definition) is 2. The lowest BCUT2D eigenvalue weighted by Gasteiger charge is -2.32. The molecule has 1 aliphatic rings. The zero-order valence-electron chi connectivity index (χ0n) is 10.3. The first kappa shape index (κ1) is 11.3. The van der Waals surface area contributed by atoms with Gasteiger partial charge in [-0.1, -0.05) is 11.6 Å². The van der Waals surface area contributed by atoms with Crippen LogP contribution < -0.4 is 11.1 Å². The maximum Gasteiger partial charge on any atom is 0.287 e. The Balaban J connectivity index is 1.79. The van der Waals surface area contributed by atoms with Gasteiger partial charge in [-0.3, -0.25) is 4.79 Å². The fourth-order valence-electron chi connectivity index (χ4n) is 2.31. The summed E-state index contributed by atoms with van der Waals surface area (Å²) in [5.74, 6) is 0.219. The summed E-state index contributed by atoms with van der Waals surface area (Å²) in [4.78, 5) is 12.0. The third kappa shape index (κ3) is 1.99. The van der Waals surface area contributed by atoms with Crippen LogP contribution in [-0.2, 0) is 0 Å². The minimum Gasteiger partial charge on any atom is -0.451 e. The van der Waals surface area contributed by atoms with Gasteiger partial charge >= 0.3 is 0 Å². The third-order valence-corrected chi connectivity index (χ3v) is 3.41. The van der Waals surface area contributed by atoms with Crippen molar-refractivity contribution in [1.29, 1.82) is 0 Å². The molecule has 0 atom stereocenters. The van der Waals surface area contributed by atoms with E-state index in [9.17, 15) is 4.79 Å². The lowest BCUT2D eigenvalue weighted by molar-refractivity contribution is 0.0884. The molecule has 0 spiro atoms. The molecule has 3 N–H and O–H groups in total. The lowest BCUT2D eigenvalue weighted by atomic mass is 9.87. The molecule has 18 heavy (non-hydrogen) atoms. The van der Waals surface area contributed by atoms with E-state index in [1.165, 1.54) is 0 Å². The van der Waals surface area contributed by atoms with Crippen molar-refractivity contribution in [2.45, 2.75) is 31.8 Å². The van der Waals surface area contributed by atoms with Crippen LogP contribution in [0.5, 0.6) is 0 Å². The average Bonchev–Trinajstić information content (AvgIpc) is 2.69. The second-order valence-corrected chi connectivity index (χ2v) is 5.05. The van der Waals surface area contributed by atoms with Crippen LogP contribution in [0, 0.1) is 6.92 Å². The molecule has 1 heterocycles. The van der Waals surface area contributed by atoms with Crippen LogP contribution in [-0.4, -0.2) is 18.0 Å². The van der Waals surface area contributed by atoms with Crippen LogP contribution in [0.25, 0.3) is 11.0 Å². The normalized spacial score (nSPS) is 22.8. The Hall–Kier alpha value is -1.81. The summed E-state index contributed by atoms with van der Waals surface area (Å²) in [5.41, 5.74) is 7.59. The van der Waals surface area contributed by atoms with Gasteiger partial charge in [-0.15, -0.1) is 0 Å². The first-order chi connectivity index (χ1) is 8.61. The van der Waals surface area contributed by atoms with E-state index in [0.29, 0.717) is 5.76 Å². The maximum absolute atomic E-state index is 12.0. The van der Waals surface area contributed by atoms with Gasteiger partial charge < -0.3 is 15.5 Å². The largest absolute Gasteiger partial charge is 0.451 e. The minimum atomic E-state index is -0.152. The molecule has 4 nitrogen and oxygen atoms in total. The van der Waals surface area contributed by atoms with Crippen LogP contribution >= 0.6 is 0 Å². The van der Waals surface area contributed by atoms with Crippen molar-refractivity contribution in [3.05, 3.63) is 35.6 Å². The van der Waals surface area contributed by atoms with Gasteiger partial charge in [-0.2, -0.15) is 0 Å². The first-order valence-corrected chi connectivity index (χ1v) is 6.18. The standard InChI is InChI=1S/C14H16N2O2/c1-8-2-3-12-9(4-8)5-13(18-12)14(17)16-11-6-10(15)7-11/h2-5,10-11H,6-7,15H2,1H3,(H,16,17). The Kier molecular flexibility index (Phi) is 2.59. The molecule has 1 aromatic carbocycles. The van der Waals surface area contributed by atoms with Crippen molar-refractivity contribution in [1.82, 2.24) is 5.32 Å². The maximum atomic E-state index is 12.0. The van der Waals surface area contributed by atoms with Gasteiger partial charge in [0.2, 0.25) is 0 Å². The summed E-state index contributed by atoms with van der Waals surface area (Å²) >= 11 is 0. The number of aryl methyl sites for hydroxylation is 1. The predicted octanol–water partition coefficient (Wildman–Crippen LogP) is 1.96. The van der Waals surface area contributed by atoms with Gasteiger partial charge in [0.25, 0.3) is 5.91 Å². The first-order valence-electron chi connectivity index (χ1n) is 6.18. The monoisotopic (exact) mass is 244 g/mol. The van der Waals surface area contributed by atoms with Crippen LogP contribution in [0.2, 0.25) is 0 Å². The molecule has 3 rings (SSSR count). The van der Waals surface area contributed by atoms with E-state index >= 15 is 0 Å². The summed E-state index contributed by atoms with van der Waals surface area (Å²) < 4.78 is 5.54. The molecule has 94 valence electrons. The lowest BCUT2D eigenvalue weighted by Crippen LogP contribution is -2.50. The van der Waals surface area contributed by atoms with Gasteiger partial charge in [0.15, 0.2) is 5.76 Å². The summed E-state index contributed by atoms with van der Waals surface area (Å²) in [6.07, 6.45) is 1.70. The second-order valence-electron chi connectivity index (χ2n) is 5.05. The number of fused-ring (bicyclic) bond motifs is 1. The quantitative estimate of drug-likeness (QED) is 0.848. The number of nitrogens with one attached hydrogen (secondary N) is 1. The highest BCUT2D eigenvalue weighted by molar-refractivity contribution is 5.96. The number of carbonyl (C=O) groups excluding carboxylic acids is 1. The van der Waals surface area contributed by atoms with Crippen molar-refractivity contribution in [3.8, 4) is 0 Å². The van der Waals surface area contributed by atoms with Gasteiger partial charge in [0.1, 0.15) is 5.58 Å². The van der Waals surface area contributed by atoms with Crippen LogP contribution in [0.4, 0.5) is 0 Å². The van der Waals surface area contributed by atoms with Crippen LogP contribution in [0.1, 0.15) is 29.0 Å².